The van der Waals surface area contributed by atoms with Gasteiger partial charge >= 0.3 is 0 Å². The van der Waals surface area contributed by atoms with Gasteiger partial charge in [-0.2, -0.15) is 0 Å². The fourth-order valence-electron chi connectivity index (χ4n) is 0.957. The Morgan fingerprint density at radius 1 is 1.20 bits per heavy atom. The zero-order valence-electron chi connectivity index (χ0n) is 7.10. The fourth-order valence-corrected chi connectivity index (χ4v) is 1.91. The van der Waals surface area contributed by atoms with Crippen molar-refractivity contribution in [2.45, 2.75) is 45.6 Å². The second-order valence-corrected chi connectivity index (χ2v) is 5.11. The Balaban J connectivity index is 2.83. The molecule has 2 heteroatoms. The van der Waals surface area contributed by atoms with Gasteiger partial charge in [-0.15, -0.1) is 11.6 Å². The third kappa shape index (κ3) is 8.44. The predicted octanol–water partition coefficient (Wildman–Crippen LogP) is 3.17. The van der Waals surface area contributed by atoms with Gasteiger partial charge in [0.15, 0.2) is 0 Å². The highest BCUT2D eigenvalue weighted by molar-refractivity contribution is 7.85. The highest BCUT2D eigenvalue weighted by atomic mass is 32.2. The first-order chi connectivity index (χ1) is 4.77. The van der Waals surface area contributed by atoms with E-state index in [9.17, 15) is 0 Å². The molecule has 0 radical (unpaired) electrons. The predicted molar refractivity (Wildman–Crippen MR) is 52.9 cm³/mol. The minimum absolute atomic E-state index is 0.348. The van der Waals surface area contributed by atoms with Gasteiger partial charge in [0.25, 0.3) is 0 Å². The third-order valence-electron chi connectivity index (χ3n) is 1.60. The summed E-state index contributed by atoms with van der Waals surface area (Å²) in [6.45, 7) is 4.58. The summed E-state index contributed by atoms with van der Waals surface area (Å²) < 4.78 is 0. The minimum atomic E-state index is 0.348. The number of hydrogen-bond acceptors (Lipinski definition) is 1. The summed E-state index contributed by atoms with van der Waals surface area (Å²) in [5.41, 5.74) is 0. The molecule has 0 spiro atoms. The van der Waals surface area contributed by atoms with Crippen molar-refractivity contribution >= 4 is 19.9 Å². The number of hydrogen-bond donors (Lipinski definition) is 0. The van der Waals surface area contributed by atoms with Crippen molar-refractivity contribution in [2.24, 2.45) is 5.92 Å². The van der Waals surface area contributed by atoms with Crippen LogP contribution in [-0.2, 0) is 0 Å². The summed E-state index contributed by atoms with van der Waals surface area (Å²) in [7, 11) is 0.348. The molecule has 0 bridgehead atoms. The van der Waals surface area contributed by atoms with Crippen LogP contribution in [0.15, 0.2) is 0 Å². The molecule has 0 saturated heterocycles. The zero-order valence-corrected chi connectivity index (χ0v) is 9.07. The van der Waals surface area contributed by atoms with E-state index >= 15 is 0 Å². The van der Waals surface area contributed by atoms with Gasteiger partial charge in [-0.1, -0.05) is 39.5 Å². The van der Waals surface area contributed by atoms with Crippen LogP contribution in [0.5, 0.6) is 0 Å². The standard InChI is InChI=1S/C8H18SSi/c1-8(2)6-4-3-5-7-10-9/h8,10H,3-7H2,1-2H3. The smallest absolute Gasteiger partial charge is 0.0776 e. The lowest BCUT2D eigenvalue weighted by molar-refractivity contribution is 0.534. The van der Waals surface area contributed by atoms with Crippen LogP contribution in [0.1, 0.15) is 39.5 Å². The molecule has 0 aromatic heterocycles. The van der Waals surface area contributed by atoms with Crippen LogP contribution in [-0.4, -0.2) is 8.23 Å². The SMILES string of the molecule is CC(C)CCCCC[SiH]=S. The van der Waals surface area contributed by atoms with E-state index in [0.717, 1.165) is 5.92 Å². The van der Waals surface area contributed by atoms with Gasteiger partial charge in [-0.05, 0) is 12.0 Å². The molecule has 0 nitrogen and oxygen atoms in total. The molecular formula is C8H18SSi. The molecule has 0 N–H and O–H groups in total. The summed E-state index contributed by atoms with van der Waals surface area (Å²) in [4.78, 5) is 0. The number of unbranched alkanes of at least 4 members (excludes halogenated alkanes) is 2. The molecule has 10 heavy (non-hydrogen) atoms. The van der Waals surface area contributed by atoms with Crippen LogP contribution in [0, 0.1) is 5.92 Å². The first-order valence-electron chi connectivity index (χ1n) is 4.21. The van der Waals surface area contributed by atoms with Crippen molar-refractivity contribution < 1.29 is 0 Å². The highest BCUT2D eigenvalue weighted by Gasteiger charge is 1.92. The van der Waals surface area contributed by atoms with Crippen LogP contribution < -0.4 is 0 Å². The van der Waals surface area contributed by atoms with Gasteiger partial charge in [0.05, 0.1) is 8.23 Å². The van der Waals surface area contributed by atoms with Crippen molar-refractivity contribution in [3.05, 3.63) is 0 Å². The first kappa shape index (κ1) is 10.4. The molecule has 0 aromatic carbocycles. The fraction of sp³-hybridized carbons (Fsp3) is 1.00. The molecule has 0 heterocycles. The Bertz CT molecular complexity index is 81.3. The largest absolute Gasteiger partial charge is 0.143 e. The average Bonchev–Trinajstić information content (AvgIpc) is 1.87. The topological polar surface area (TPSA) is 0 Å². The summed E-state index contributed by atoms with van der Waals surface area (Å²) in [5, 5.41) is 0. The van der Waals surface area contributed by atoms with E-state index in [4.69, 9.17) is 11.6 Å². The van der Waals surface area contributed by atoms with Gasteiger partial charge < -0.3 is 0 Å². The Hall–Kier alpha value is 0.437. The van der Waals surface area contributed by atoms with E-state index < -0.39 is 0 Å². The second kappa shape index (κ2) is 7.54. The van der Waals surface area contributed by atoms with E-state index in [2.05, 4.69) is 13.8 Å². The quantitative estimate of drug-likeness (QED) is 0.440. The maximum absolute atomic E-state index is 4.94. The molecule has 0 amide bonds. The molecule has 0 atom stereocenters. The lowest BCUT2D eigenvalue weighted by atomic mass is 10.1. The summed E-state index contributed by atoms with van der Waals surface area (Å²) >= 11 is 4.94. The van der Waals surface area contributed by atoms with Crippen molar-refractivity contribution in [1.29, 1.82) is 0 Å². The van der Waals surface area contributed by atoms with Crippen molar-refractivity contribution in [1.82, 2.24) is 0 Å². The molecule has 0 unspecified atom stereocenters. The van der Waals surface area contributed by atoms with E-state index in [-0.39, 0.29) is 0 Å². The molecule has 0 aromatic rings. The van der Waals surface area contributed by atoms with Crippen LogP contribution in [0.2, 0.25) is 6.04 Å². The first-order valence-corrected chi connectivity index (χ1v) is 6.91. The average molecular weight is 174 g/mol. The molecule has 60 valence electrons. The van der Waals surface area contributed by atoms with Gasteiger partial charge in [0.2, 0.25) is 0 Å². The molecule has 0 fully saturated rings. The van der Waals surface area contributed by atoms with Gasteiger partial charge in [0, 0.05) is 0 Å². The van der Waals surface area contributed by atoms with E-state index in [1.807, 2.05) is 0 Å². The number of rotatable bonds is 6. The Morgan fingerprint density at radius 3 is 2.40 bits per heavy atom. The Labute approximate surface area is 71.8 Å². The lowest BCUT2D eigenvalue weighted by Gasteiger charge is -2.01. The van der Waals surface area contributed by atoms with Gasteiger partial charge in [0.1, 0.15) is 0 Å². The zero-order chi connectivity index (χ0) is 7.82. The van der Waals surface area contributed by atoms with E-state index in [0.29, 0.717) is 8.23 Å². The molecular weight excluding hydrogens is 156 g/mol. The van der Waals surface area contributed by atoms with Crippen molar-refractivity contribution in [2.75, 3.05) is 0 Å². The molecule has 0 aliphatic carbocycles. The summed E-state index contributed by atoms with van der Waals surface area (Å²) in [5.74, 6) is 0.885. The third-order valence-corrected chi connectivity index (χ3v) is 2.95. The lowest BCUT2D eigenvalue weighted by Crippen LogP contribution is -1.86. The minimum Gasteiger partial charge on any atom is -0.143 e. The summed E-state index contributed by atoms with van der Waals surface area (Å²) in [6, 6.07) is 1.33. The monoisotopic (exact) mass is 174 g/mol. The van der Waals surface area contributed by atoms with Gasteiger partial charge in [-0.25, -0.2) is 0 Å². The van der Waals surface area contributed by atoms with Crippen molar-refractivity contribution in [3.63, 3.8) is 0 Å². The van der Waals surface area contributed by atoms with Crippen molar-refractivity contribution in [3.8, 4) is 0 Å². The second-order valence-electron chi connectivity index (χ2n) is 3.20. The van der Waals surface area contributed by atoms with E-state index in [1.54, 1.807) is 0 Å². The highest BCUT2D eigenvalue weighted by Crippen LogP contribution is 2.08. The Morgan fingerprint density at radius 2 is 1.90 bits per heavy atom. The maximum atomic E-state index is 4.94. The van der Waals surface area contributed by atoms with E-state index in [1.165, 1.54) is 31.7 Å². The normalized spacial score (nSPS) is 10.3. The molecule has 0 saturated carbocycles. The molecule has 0 aliphatic heterocycles. The Kier molecular flexibility index (Phi) is 7.87. The van der Waals surface area contributed by atoms with Crippen LogP contribution >= 0.6 is 11.6 Å². The summed E-state index contributed by atoms with van der Waals surface area (Å²) in [6.07, 6.45) is 5.59. The van der Waals surface area contributed by atoms with Gasteiger partial charge in [-0.3, -0.25) is 0 Å². The van der Waals surface area contributed by atoms with Crippen LogP contribution in [0.4, 0.5) is 0 Å². The maximum Gasteiger partial charge on any atom is 0.0776 e. The molecule has 0 aliphatic rings. The van der Waals surface area contributed by atoms with Crippen LogP contribution in [0.25, 0.3) is 0 Å². The van der Waals surface area contributed by atoms with Crippen LogP contribution in [0.3, 0.4) is 0 Å². The molecule has 0 rings (SSSR count).